The molecule has 2 aliphatic carbocycles. The summed E-state index contributed by atoms with van der Waals surface area (Å²) in [7, 11) is 0. The molecule has 6 aromatic rings. The predicted molar refractivity (Wildman–Crippen MR) is 262 cm³/mol. The van der Waals surface area contributed by atoms with E-state index in [0.29, 0.717) is 24.2 Å². The molecule has 335 valence electrons. The van der Waals surface area contributed by atoms with Gasteiger partial charge in [0.25, 0.3) is 0 Å². The van der Waals surface area contributed by atoms with Gasteiger partial charge in [-0.3, -0.25) is 4.79 Å². The molecule has 2 saturated carbocycles. The Morgan fingerprint density at radius 3 is 1.48 bits per heavy atom. The molecule has 5 heteroatoms. The van der Waals surface area contributed by atoms with Crippen molar-refractivity contribution in [3.05, 3.63) is 142 Å². The van der Waals surface area contributed by atoms with Gasteiger partial charge in [0.1, 0.15) is 5.76 Å². The molecule has 2 aliphatic rings. The van der Waals surface area contributed by atoms with Gasteiger partial charge < -0.3 is 15.1 Å². The Kier molecular flexibility index (Phi) is 17.0. The minimum atomic E-state index is -0.248. The Morgan fingerprint density at radius 1 is 0.698 bits per heavy atom. The van der Waals surface area contributed by atoms with E-state index in [4.69, 9.17) is 2.74 Å². The van der Waals surface area contributed by atoms with Crippen molar-refractivity contribution in [3.8, 4) is 22.5 Å². The van der Waals surface area contributed by atoms with Crippen molar-refractivity contribution in [2.75, 3.05) is 0 Å². The number of aliphatic hydroxyl groups excluding tert-OH is 1. The summed E-state index contributed by atoms with van der Waals surface area (Å²) in [6.07, 6.45) is 16.0. The maximum absolute atomic E-state index is 11.9. The Morgan fingerprint density at radius 2 is 1.11 bits per heavy atom. The van der Waals surface area contributed by atoms with E-state index in [0.717, 1.165) is 80.9 Å². The Balaban J connectivity index is 0.000000187. The van der Waals surface area contributed by atoms with Crippen molar-refractivity contribution in [3.63, 3.8) is 0 Å². The second kappa shape index (κ2) is 23.0. The van der Waals surface area contributed by atoms with Crippen LogP contribution in [-0.4, -0.2) is 20.9 Å². The van der Waals surface area contributed by atoms with E-state index >= 15 is 0 Å². The Labute approximate surface area is 395 Å². The number of carbonyl (C=O) groups excluding carboxylic acids is 1. The number of nitrogens with zero attached hydrogens (tertiary/aromatic N) is 2. The molecule has 0 aliphatic heterocycles. The first-order valence-electron chi connectivity index (χ1n) is 24.4. The van der Waals surface area contributed by atoms with Crippen molar-refractivity contribution < 1.29 is 32.7 Å². The summed E-state index contributed by atoms with van der Waals surface area (Å²) < 4.78 is 16.3. The number of benzene rings is 4. The van der Waals surface area contributed by atoms with E-state index in [-0.39, 0.29) is 43.0 Å². The average molecular weight is 1020 g/mol. The zero-order valence-electron chi connectivity index (χ0n) is 41.3. The fourth-order valence-corrected chi connectivity index (χ4v) is 9.50. The quantitative estimate of drug-likeness (QED) is 0.0798. The normalized spacial score (nSPS) is 15.0. The second-order valence-electron chi connectivity index (χ2n) is 18.3. The Bertz CT molecular complexity index is 2400. The zero-order valence-corrected chi connectivity index (χ0v) is 41.7. The molecule has 2 fully saturated rings. The van der Waals surface area contributed by atoms with Crippen LogP contribution in [0.4, 0.5) is 0 Å². The maximum Gasteiger partial charge on any atom is 0.162 e. The van der Waals surface area contributed by atoms with Crippen LogP contribution >= 0.6 is 0 Å². The van der Waals surface area contributed by atoms with Gasteiger partial charge in [-0.2, -0.15) is 0 Å². The second-order valence-corrected chi connectivity index (χ2v) is 18.3. The van der Waals surface area contributed by atoms with E-state index in [9.17, 15) is 9.90 Å². The molecule has 4 aromatic carbocycles. The summed E-state index contributed by atoms with van der Waals surface area (Å²) in [6, 6.07) is 32.5. The van der Waals surface area contributed by atoms with Crippen LogP contribution in [0.1, 0.15) is 160 Å². The molecule has 8 rings (SSSR count). The number of hydrogen-bond acceptors (Lipinski definition) is 4. The van der Waals surface area contributed by atoms with Gasteiger partial charge in [0, 0.05) is 49.9 Å². The van der Waals surface area contributed by atoms with E-state index in [1.54, 1.807) is 0 Å². The fraction of sp³-hybridized carbons (Fsp3) is 0.431. The van der Waals surface area contributed by atoms with Crippen LogP contribution in [0.5, 0.6) is 0 Å². The summed E-state index contributed by atoms with van der Waals surface area (Å²) >= 11 is 0. The standard InChI is InChI=1S/2C22H22N.C14H26O2.Ir/c2*1-15-11-16(2)13-20(12-15)22-21-8-7-18(17-5-3-4-6-17)14-19(21)9-10-23-22;1-6-11(7-2)12(15)10-13(16)14(5,8-3)9-4;/h2*7-12,14,17H,3-6H2,1-2H3;10-11,16H,6-9H2,1-5H3;/q2*-1;;/b;;13-10-;/i2*10D;;. The van der Waals surface area contributed by atoms with Gasteiger partial charge in [0.15, 0.2) is 5.78 Å². The summed E-state index contributed by atoms with van der Waals surface area (Å²) in [6.45, 7) is 18.4. The molecule has 63 heavy (non-hydrogen) atoms. The molecule has 0 atom stereocenters. The molecule has 0 amide bonds. The van der Waals surface area contributed by atoms with E-state index in [1.165, 1.54) is 79.7 Å². The topological polar surface area (TPSA) is 63.1 Å². The number of pyridine rings is 2. The number of ketones is 1. The molecule has 0 bridgehead atoms. The molecular formula is C58H70IrN2O2-2. The average Bonchev–Trinajstić information content (AvgIpc) is 4.02. The molecule has 0 saturated heterocycles. The van der Waals surface area contributed by atoms with Gasteiger partial charge >= 0.3 is 0 Å². The van der Waals surface area contributed by atoms with Crippen LogP contribution in [0.2, 0.25) is 0 Å². The Hall–Kier alpha value is -4.44. The van der Waals surface area contributed by atoms with Crippen LogP contribution < -0.4 is 0 Å². The molecular weight excluding hydrogens is 949 g/mol. The van der Waals surface area contributed by atoms with Gasteiger partial charge in [0.05, 0.1) is 2.74 Å². The summed E-state index contributed by atoms with van der Waals surface area (Å²) in [5.74, 6) is 1.74. The third-order valence-electron chi connectivity index (χ3n) is 13.8. The number of aromatic nitrogens is 2. The third-order valence-corrected chi connectivity index (χ3v) is 13.8. The number of fused-ring (bicyclic) bond motifs is 2. The molecule has 1 radical (unpaired) electrons. The van der Waals surface area contributed by atoms with Crippen molar-refractivity contribution in [1.29, 1.82) is 0 Å². The first-order valence-corrected chi connectivity index (χ1v) is 23.4. The number of rotatable bonds is 11. The van der Waals surface area contributed by atoms with E-state index < -0.39 is 0 Å². The van der Waals surface area contributed by atoms with Crippen molar-refractivity contribution >= 4 is 27.3 Å². The van der Waals surface area contributed by atoms with E-state index in [1.807, 2.05) is 46.8 Å². The first kappa shape index (κ1) is 46.5. The molecule has 0 spiro atoms. The first-order chi connectivity index (χ1) is 30.6. The minimum Gasteiger partial charge on any atom is -0.512 e. The minimum absolute atomic E-state index is 0. The summed E-state index contributed by atoms with van der Waals surface area (Å²) in [5, 5.41) is 14.5. The predicted octanol–water partition coefficient (Wildman–Crippen LogP) is 16.2. The van der Waals surface area contributed by atoms with Crippen LogP contribution in [0.15, 0.2) is 97.0 Å². The van der Waals surface area contributed by atoms with Crippen molar-refractivity contribution in [2.24, 2.45) is 11.3 Å². The molecule has 4 nitrogen and oxygen atoms in total. The summed E-state index contributed by atoms with van der Waals surface area (Å²) in [5.41, 5.74) is 10.9. The number of aliphatic hydroxyl groups is 1. The van der Waals surface area contributed by atoms with E-state index in [2.05, 4.69) is 110 Å². The molecule has 1 N–H and O–H groups in total. The molecule has 2 heterocycles. The van der Waals surface area contributed by atoms with Crippen LogP contribution in [0, 0.1) is 51.2 Å². The van der Waals surface area contributed by atoms with Crippen LogP contribution in [0.3, 0.4) is 0 Å². The number of aryl methyl sites for hydroxylation is 4. The van der Waals surface area contributed by atoms with Gasteiger partial charge in [-0.05, 0) is 119 Å². The zero-order chi connectivity index (χ0) is 46.1. The summed E-state index contributed by atoms with van der Waals surface area (Å²) in [4.78, 5) is 20.9. The number of carbonyl (C=O) groups is 1. The third kappa shape index (κ3) is 12.4. The largest absolute Gasteiger partial charge is 0.512 e. The number of allylic oxidation sites excluding steroid dienone is 2. The number of hydrogen-bond donors (Lipinski definition) is 1. The smallest absolute Gasteiger partial charge is 0.162 e. The maximum atomic E-state index is 11.9. The van der Waals surface area contributed by atoms with Gasteiger partial charge in [-0.25, -0.2) is 0 Å². The SMILES string of the molecule is CCC(CC)C(=O)/C=C(\O)C(C)(CC)CC.[2H]c1cc2cc(C3CCCC3)ccc2c(-c2[c-]c(C)cc(C)c2)n1.[2H]c1cc2cc(C3CCCC3)ccc2c(-c2[c-]c(C)cc(C)c2)n1.[Ir]. The van der Waals surface area contributed by atoms with Crippen molar-refractivity contribution in [2.45, 2.75) is 151 Å². The van der Waals surface area contributed by atoms with Crippen LogP contribution in [0.25, 0.3) is 44.1 Å². The monoisotopic (exact) mass is 1020 g/mol. The fourth-order valence-electron chi connectivity index (χ4n) is 9.50. The van der Waals surface area contributed by atoms with Gasteiger partial charge in [-0.15, -0.1) is 69.8 Å². The molecule has 2 aromatic heterocycles. The van der Waals surface area contributed by atoms with Crippen LogP contribution in [-0.2, 0) is 24.9 Å². The van der Waals surface area contributed by atoms with Gasteiger partial charge in [0.2, 0.25) is 0 Å². The van der Waals surface area contributed by atoms with Crippen molar-refractivity contribution in [1.82, 2.24) is 9.97 Å². The molecule has 0 unspecified atom stereocenters. The van der Waals surface area contributed by atoms with Gasteiger partial charge in [-0.1, -0.05) is 124 Å².